The number of sulfone groups is 1. The number of aliphatic hydroxyl groups is 1. The van der Waals surface area contributed by atoms with Crippen molar-refractivity contribution in [3.8, 4) is 0 Å². The van der Waals surface area contributed by atoms with E-state index in [2.05, 4.69) is 4.98 Å². The largest absolute Gasteiger partial charge is 0.386 e. The first-order valence-electron chi connectivity index (χ1n) is 5.63. The van der Waals surface area contributed by atoms with Gasteiger partial charge in [0.05, 0.1) is 12.6 Å². The van der Waals surface area contributed by atoms with Gasteiger partial charge in [0.1, 0.15) is 0 Å². The quantitative estimate of drug-likeness (QED) is 0.931. The fourth-order valence-electron chi connectivity index (χ4n) is 1.82. The molecule has 0 aliphatic rings. The molecule has 0 aliphatic heterocycles. The minimum Gasteiger partial charge on any atom is -0.386 e. The van der Waals surface area contributed by atoms with Crippen LogP contribution in [-0.2, 0) is 16.4 Å². The van der Waals surface area contributed by atoms with E-state index >= 15 is 0 Å². The number of benzene rings is 1. The van der Waals surface area contributed by atoms with Crippen LogP contribution in [-0.4, -0.2) is 29.3 Å². The third-order valence-corrected chi connectivity index (χ3v) is 4.28. The lowest BCUT2D eigenvalue weighted by Gasteiger charge is -2.15. The first-order valence-corrected chi connectivity index (χ1v) is 8.28. The van der Waals surface area contributed by atoms with Gasteiger partial charge in [-0.05, 0) is 18.2 Å². The van der Waals surface area contributed by atoms with E-state index in [1.807, 2.05) is 0 Å². The van der Waals surface area contributed by atoms with Crippen LogP contribution in [0.4, 0.5) is 0 Å². The van der Waals surface area contributed by atoms with E-state index in [0.29, 0.717) is 15.6 Å². The minimum absolute atomic E-state index is 0.0163. The van der Waals surface area contributed by atoms with Gasteiger partial charge < -0.3 is 9.67 Å². The molecule has 2 aromatic rings. The highest BCUT2D eigenvalue weighted by molar-refractivity contribution is 7.90. The van der Waals surface area contributed by atoms with Crippen LogP contribution in [0.25, 0.3) is 0 Å². The van der Waals surface area contributed by atoms with Crippen LogP contribution in [0, 0.1) is 0 Å². The Bertz CT molecular complexity index is 728. The summed E-state index contributed by atoms with van der Waals surface area (Å²) in [5.74, 6) is 0. The molecule has 0 saturated heterocycles. The SMILES string of the molecule is CS(=O)(=O)c1nccn1C[C@@H](O)c1cc(Cl)ccc1Cl. The Morgan fingerprint density at radius 2 is 2.10 bits per heavy atom. The zero-order valence-corrected chi connectivity index (χ0v) is 12.8. The topological polar surface area (TPSA) is 72.2 Å². The second kappa shape index (κ2) is 5.73. The van der Waals surface area contributed by atoms with Gasteiger partial charge in [-0.1, -0.05) is 23.2 Å². The molecule has 1 heterocycles. The molecule has 2 rings (SSSR count). The molecule has 8 heteroatoms. The lowest BCUT2D eigenvalue weighted by atomic mass is 10.1. The summed E-state index contributed by atoms with van der Waals surface area (Å²) in [6, 6.07) is 4.73. The van der Waals surface area contributed by atoms with Gasteiger partial charge in [-0.2, -0.15) is 0 Å². The Labute approximate surface area is 126 Å². The second-order valence-electron chi connectivity index (χ2n) is 4.32. The minimum atomic E-state index is -3.45. The fourth-order valence-corrected chi connectivity index (χ4v) is 3.06. The van der Waals surface area contributed by atoms with Crippen LogP contribution < -0.4 is 0 Å². The number of aliphatic hydroxyl groups excluding tert-OH is 1. The maximum absolute atomic E-state index is 11.5. The van der Waals surface area contributed by atoms with Crippen LogP contribution in [0.3, 0.4) is 0 Å². The van der Waals surface area contributed by atoms with Crippen LogP contribution in [0.2, 0.25) is 10.0 Å². The van der Waals surface area contributed by atoms with Crippen LogP contribution in [0.1, 0.15) is 11.7 Å². The Kier molecular flexibility index (Phi) is 4.39. The van der Waals surface area contributed by atoms with Crippen molar-refractivity contribution in [1.82, 2.24) is 9.55 Å². The molecule has 1 aromatic heterocycles. The Balaban J connectivity index is 2.31. The molecule has 0 amide bonds. The summed E-state index contributed by atoms with van der Waals surface area (Å²) in [6.07, 6.45) is 2.92. The van der Waals surface area contributed by atoms with E-state index in [-0.39, 0.29) is 11.7 Å². The average molecular weight is 335 g/mol. The highest BCUT2D eigenvalue weighted by atomic mass is 35.5. The van der Waals surface area contributed by atoms with Gasteiger partial charge in [-0.15, -0.1) is 0 Å². The molecular weight excluding hydrogens is 323 g/mol. The third-order valence-electron chi connectivity index (χ3n) is 2.70. The number of aromatic nitrogens is 2. The average Bonchev–Trinajstić information content (AvgIpc) is 2.80. The van der Waals surface area contributed by atoms with E-state index in [9.17, 15) is 13.5 Å². The first-order chi connectivity index (χ1) is 9.29. The number of halogens is 2. The van der Waals surface area contributed by atoms with E-state index in [4.69, 9.17) is 23.2 Å². The van der Waals surface area contributed by atoms with Crippen molar-refractivity contribution < 1.29 is 13.5 Å². The zero-order valence-electron chi connectivity index (χ0n) is 10.5. The smallest absolute Gasteiger partial charge is 0.227 e. The zero-order chi connectivity index (χ0) is 14.9. The number of hydrogen-bond acceptors (Lipinski definition) is 4. The molecular formula is C12H12Cl2N2O3S. The van der Waals surface area contributed by atoms with Crippen molar-refractivity contribution >= 4 is 33.0 Å². The molecule has 1 N–H and O–H groups in total. The summed E-state index contributed by atoms with van der Waals surface area (Å²) in [4.78, 5) is 3.78. The van der Waals surface area contributed by atoms with Crippen molar-refractivity contribution in [2.45, 2.75) is 17.8 Å². The van der Waals surface area contributed by atoms with Crippen LogP contribution >= 0.6 is 23.2 Å². The summed E-state index contributed by atoms with van der Waals surface area (Å²) >= 11 is 11.9. The normalized spacial score (nSPS) is 13.4. The lowest BCUT2D eigenvalue weighted by molar-refractivity contribution is 0.153. The molecule has 1 atom stereocenters. The highest BCUT2D eigenvalue weighted by Crippen LogP contribution is 2.27. The molecule has 0 unspecified atom stereocenters. The molecule has 0 radical (unpaired) electrons. The molecule has 1 aromatic carbocycles. The van der Waals surface area contributed by atoms with Gasteiger partial charge in [-0.3, -0.25) is 0 Å². The molecule has 5 nitrogen and oxygen atoms in total. The van der Waals surface area contributed by atoms with Gasteiger partial charge >= 0.3 is 0 Å². The highest BCUT2D eigenvalue weighted by Gasteiger charge is 2.19. The molecule has 0 aliphatic carbocycles. The van der Waals surface area contributed by atoms with E-state index < -0.39 is 15.9 Å². The summed E-state index contributed by atoms with van der Waals surface area (Å²) in [5.41, 5.74) is 0.437. The van der Waals surface area contributed by atoms with Gasteiger partial charge in [0.15, 0.2) is 0 Å². The van der Waals surface area contributed by atoms with Gasteiger partial charge in [0.2, 0.25) is 15.0 Å². The third kappa shape index (κ3) is 3.32. The standard InChI is InChI=1S/C12H12Cl2N2O3S/c1-20(18,19)12-15-4-5-16(12)7-11(17)9-6-8(13)2-3-10(9)14/h2-6,11,17H,7H2,1H3/t11-/m1/s1. The summed E-state index contributed by atoms with van der Waals surface area (Å²) < 4.78 is 24.4. The van der Waals surface area contributed by atoms with E-state index in [0.717, 1.165) is 6.26 Å². The summed E-state index contributed by atoms with van der Waals surface area (Å²) in [5, 5.41) is 10.9. The summed E-state index contributed by atoms with van der Waals surface area (Å²) in [6.45, 7) is 0.0163. The predicted octanol–water partition coefficient (Wildman–Crippen LogP) is 2.33. The van der Waals surface area contributed by atoms with Crippen molar-refractivity contribution in [2.75, 3.05) is 6.26 Å². The van der Waals surface area contributed by atoms with Gasteiger partial charge in [0, 0.05) is 34.3 Å². The molecule has 0 spiro atoms. The van der Waals surface area contributed by atoms with Crippen LogP contribution in [0.15, 0.2) is 35.7 Å². The number of imidazole rings is 1. The molecule has 20 heavy (non-hydrogen) atoms. The number of rotatable bonds is 4. The van der Waals surface area contributed by atoms with Crippen molar-refractivity contribution in [1.29, 1.82) is 0 Å². The molecule has 0 fully saturated rings. The monoisotopic (exact) mass is 334 g/mol. The Morgan fingerprint density at radius 1 is 1.40 bits per heavy atom. The summed E-state index contributed by atoms with van der Waals surface area (Å²) in [7, 11) is -3.45. The second-order valence-corrected chi connectivity index (χ2v) is 7.07. The van der Waals surface area contributed by atoms with Crippen molar-refractivity contribution in [3.05, 3.63) is 46.2 Å². The van der Waals surface area contributed by atoms with E-state index in [1.165, 1.54) is 17.0 Å². The molecule has 108 valence electrons. The predicted molar refractivity (Wildman–Crippen MR) is 76.8 cm³/mol. The fraction of sp³-hybridized carbons (Fsp3) is 0.250. The number of hydrogen-bond donors (Lipinski definition) is 1. The maximum atomic E-state index is 11.5. The molecule has 0 saturated carbocycles. The lowest BCUT2D eigenvalue weighted by Crippen LogP contribution is -2.14. The molecule has 0 bridgehead atoms. The Hall–Kier alpha value is -1.08. The van der Waals surface area contributed by atoms with Gasteiger partial charge in [-0.25, -0.2) is 13.4 Å². The van der Waals surface area contributed by atoms with Crippen molar-refractivity contribution in [2.24, 2.45) is 0 Å². The van der Waals surface area contributed by atoms with Crippen molar-refractivity contribution in [3.63, 3.8) is 0 Å². The van der Waals surface area contributed by atoms with Gasteiger partial charge in [0.25, 0.3) is 0 Å². The van der Waals surface area contributed by atoms with Crippen LogP contribution in [0.5, 0.6) is 0 Å². The van der Waals surface area contributed by atoms with E-state index in [1.54, 1.807) is 18.2 Å². The first kappa shape index (κ1) is 15.3. The number of nitrogens with zero attached hydrogens (tertiary/aromatic N) is 2. The Morgan fingerprint density at radius 3 is 2.75 bits per heavy atom. The maximum Gasteiger partial charge on any atom is 0.227 e.